The van der Waals surface area contributed by atoms with Gasteiger partial charge in [-0.15, -0.1) is 0 Å². The molecule has 0 spiro atoms. The van der Waals surface area contributed by atoms with E-state index in [2.05, 4.69) is 15.5 Å². The Morgan fingerprint density at radius 1 is 1.15 bits per heavy atom. The van der Waals surface area contributed by atoms with Crippen molar-refractivity contribution in [2.24, 2.45) is 5.92 Å². The zero-order chi connectivity index (χ0) is 18.8. The number of likely N-dealkylation sites (tertiary alicyclic amines) is 1. The van der Waals surface area contributed by atoms with E-state index in [1.165, 1.54) is 19.3 Å². The number of anilines is 1. The van der Waals surface area contributed by atoms with E-state index in [1.807, 2.05) is 39.1 Å². The summed E-state index contributed by atoms with van der Waals surface area (Å²) in [4.78, 5) is 14.6. The molecule has 0 atom stereocenters. The molecule has 0 radical (unpaired) electrons. The van der Waals surface area contributed by atoms with Crippen molar-refractivity contribution in [1.29, 1.82) is 0 Å². The van der Waals surface area contributed by atoms with Gasteiger partial charge in [-0.1, -0.05) is 0 Å². The van der Waals surface area contributed by atoms with E-state index in [-0.39, 0.29) is 5.91 Å². The van der Waals surface area contributed by atoms with Crippen LogP contribution < -0.4 is 20.1 Å². The molecular weight excluding hydrogens is 330 g/mol. The molecule has 0 saturated carbocycles. The van der Waals surface area contributed by atoms with Crippen molar-refractivity contribution in [3.8, 4) is 11.5 Å². The maximum Gasteiger partial charge on any atom is 0.238 e. The largest absolute Gasteiger partial charge is 0.490 e. The van der Waals surface area contributed by atoms with Crippen LogP contribution in [-0.4, -0.2) is 57.2 Å². The normalized spacial score (nSPS) is 15.7. The fourth-order valence-electron chi connectivity index (χ4n) is 3.31. The highest BCUT2D eigenvalue weighted by Crippen LogP contribution is 2.30. The molecule has 6 nitrogen and oxygen atoms in total. The number of rotatable bonds is 10. The van der Waals surface area contributed by atoms with E-state index < -0.39 is 0 Å². The van der Waals surface area contributed by atoms with Crippen molar-refractivity contribution in [3.63, 3.8) is 0 Å². The predicted molar refractivity (Wildman–Crippen MR) is 105 cm³/mol. The van der Waals surface area contributed by atoms with E-state index in [9.17, 15) is 4.79 Å². The highest BCUT2D eigenvalue weighted by molar-refractivity contribution is 5.92. The van der Waals surface area contributed by atoms with E-state index in [0.717, 1.165) is 31.2 Å². The number of amides is 1. The van der Waals surface area contributed by atoms with Gasteiger partial charge in [0.1, 0.15) is 0 Å². The Hall–Kier alpha value is -1.79. The molecule has 26 heavy (non-hydrogen) atoms. The minimum Gasteiger partial charge on any atom is -0.490 e. The van der Waals surface area contributed by atoms with Crippen molar-refractivity contribution in [2.75, 3.05) is 51.8 Å². The standard InChI is InChI=1S/C20H33N3O3/c1-4-25-18-7-6-17(14-19(18)26-5-2)22-20(24)15-23-12-9-16(10-13-23)8-11-21-3/h6-7,14,16,21H,4-5,8-13,15H2,1-3H3,(H,22,24). The molecule has 1 fully saturated rings. The number of ether oxygens (including phenoxy) is 2. The SMILES string of the molecule is CCOc1ccc(NC(=O)CN2CCC(CCNC)CC2)cc1OCC. The molecule has 1 aliphatic rings. The summed E-state index contributed by atoms with van der Waals surface area (Å²) in [6, 6.07) is 5.53. The number of carbonyl (C=O) groups is 1. The Morgan fingerprint density at radius 3 is 2.50 bits per heavy atom. The Bertz CT molecular complexity index is 557. The minimum atomic E-state index is 0.0188. The summed E-state index contributed by atoms with van der Waals surface area (Å²) < 4.78 is 11.2. The highest BCUT2D eigenvalue weighted by Gasteiger charge is 2.20. The first-order valence-electron chi connectivity index (χ1n) is 9.72. The van der Waals surface area contributed by atoms with Gasteiger partial charge in [0.2, 0.25) is 5.91 Å². The van der Waals surface area contributed by atoms with Crippen LogP contribution in [0.4, 0.5) is 5.69 Å². The molecule has 2 rings (SSSR count). The number of benzene rings is 1. The van der Waals surface area contributed by atoms with Gasteiger partial charge in [0.15, 0.2) is 11.5 Å². The van der Waals surface area contributed by atoms with Gasteiger partial charge in [0.25, 0.3) is 0 Å². The Labute approximate surface area is 157 Å². The van der Waals surface area contributed by atoms with Crippen LogP contribution >= 0.6 is 0 Å². The third-order valence-corrected chi connectivity index (χ3v) is 4.70. The van der Waals surface area contributed by atoms with E-state index in [0.29, 0.717) is 31.3 Å². The fraction of sp³-hybridized carbons (Fsp3) is 0.650. The third-order valence-electron chi connectivity index (χ3n) is 4.70. The van der Waals surface area contributed by atoms with Crippen LogP contribution in [0.5, 0.6) is 11.5 Å². The highest BCUT2D eigenvalue weighted by atomic mass is 16.5. The molecule has 2 N–H and O–H groups in total. The lowest BCUT2D eigenvalue weighted by molar-refractivity contribution is -0.117. The summed E-state index contributed by atoms with van der Waals surface area (Å²) in [5.74, 6) is 2.17. The van der Waals surface area contributed by atoms with Gasteiger partial charge in [0, 0.05) is 11.8 Å². The van der Waals surface area contributed by atoms with Gasteiger partial charge in [0.05, 0.1) is 19.8 Å². The van der Waals surface area contributed by atoms with Crippen LogP contribution in [0.25, 0.3) is 0 Å². The molecule has 1 saturated heterocycles. The second-order valence-corrected chi connectivity index (χ2v) is 6.69. The lowest BCUT2D eigenvalue weighted by atomic mass is 9.93. The van der Waals surface area contributed by atoms with E-state index >= 15 is 0 Å². The van der Waals surface area contributed by atoms with Crippen LogP contribution in [0.2, 0.25) is 0 Å². The molecule has 1 aromatic rings. The summed E-state index contributed by atoms with van der Waals surface area (Å²) in [7, 11) is 2.00. The van der Waals surface area contributed by atoms with E-state index in [1.54, 1.807) is 0 Å². The molecule has 0 aromatic heterocycles. The molecule has 1 heterocycles. The lowest BCUT2D eigenvalue weighted by Crippen LogP contribution is -2.39. The van der Waals surface area contributed by atoms with Crippen LogP contribution in [0.15, 0.2) is 18.2 Å². The topological polar surface area (TPSA) is 62.8 Å². The van der Waals surface area contributed by atoms with Crippen LogP contribution in [-0.2, 0) is 4.79 Å². The molecule has 1 aromatic carbocycles. The maximum atomic E-state index is 12.4. The van der Waals surface area contributed by atoms with Gasteiger partial charge in [-0.25, -0.2) is 0 Å². The van der Waals surface area contributed by atoms with Crippen molar-refractivity contribution in [3.05, 3.63) is 18.2 Å². The number of carbonyl (C=O) groups excluding carboxylic acids is 1. The average molecular weight is 364 g/mol. The van der Waals surface area contributed by atoms with Crippen LogP contribution in [0, 0.1) is 5.92 Å². The average Bonchev–Trinajstić information content (AvgIpc) is 2.63. The smallest absolute Gasteiger partial charge is 0.238 e. The lowest BCUT2D eigenvalue weighted by Gasteiger charge is -2.31. The third kappa shape index (κ3) is 6.50. The second-order valence-electron chi connectivity index (χ2n) is 6.69. The molecule has 1 aliphatic heterocycles. The molecular formula is C20H33N3O3. The second kappa shape index (κ2) is 11.0. The summed E-state index contributed by atoms with van der Waals surface area (Å²) in [6.07, 6.45) is 3.57. The minimum absolute atomic E-state index is 0.0188. The first-order chi connectivity index (χ1) is 12.7. The van der Waals surface area contributed by atoms with Gasteiger partial charge < -0.3 is 20.1 Å². The van der Waals surface area contributed by atoms with Gasteiger partial charge >= 0.3 is 0 Å². The van der Waals surface area contributed by atoms with Crippen molar-refractivity contribution in [2.45, 2.75) is 33.1 Å². The van der Waals surface area contributed by atoms with Gasteiger partial charge in [-0.3, -0.25) is 9.69 Å². The zero-order valence-corrected chi connectivity index (χ0v) is 16.3. The summed E-state index contributed by atoms with van der Waals surface area (Å²) in [6.45, 7) is 8.51. The number of nitrogens with zero attached hydrogens (tertiary/aromatic N) is 1. The Kier molecular flexibility index (Phi) is 8.71. The number of hydrogen-bond acceptors (Lipinski definition) is 5. The van der Waals surface area contributed by atoms with Gasteiger partial charge in [-0.2, -0.15) is 0 Å². The monoisotopic (exact) mass is 363 g/mol. The molecule has 0 bridgehead atoms. The molecule has 1 amide bonds. The molecule has 0 aliphatic carbocycles. The van der Waals surface area contributed by atoms with Crippen LogP contribution in [0.3, 0.4) is 0 Å². The number of piperidine rings is 1. The van der Waals surface area contributed by atoms with Gasteiger partial charge in [-0.05, 0) is 77.8 Å². The quantitative estimate of drug-likeness (QED) is 0.669. The predicted octanol–water partition coefficient (Wildman–Crippen LogP) is 2.74. The number of hydrogen-bond donors (Lipinski definition) is 2. The zero-order valence-electron chi connectivity index (χ0n) is 16.3. The fourth-order valence-corrected chi connectivity index (χ4v) is 3.31. The Balaban J connectivity index is 1.83. The molecule has 0 unspecified atom stereocenters. The first kappa shape index (κ1) is 20.5. The summed E-state index contributed by atoms with van der Waals surface area (Å²) >= 11 is 0. The summed E-state index contributed by atoms with van der Waals surface area (Å²) in [5.41, 5.74) is 0.741. The van der Waals surface area contributed by atoms with Crippen molar-refractivity contribution in [1.82, 2.24) is 10.2 Å². The number of nitrogens with one attached hydrogen (secondary N) is 2. The summed E-state index contributed by atoms with van der Waals surface area (Å²) in [5, 5.41) is 6.19. The molecule has 6 heteroatoms. The van der Waals surface area contributed by atoms with Crippen LogP contribution in [0.1, 0.15) is 33.1 Å². The maximum absolute atomic E-state index is 12.4. The van der Waals surface area contributed by atoms with Crippen molar-refractivity contribution < 1.29 is 14.3 Å². The molecule has 146 valence electrons. The van der Waals surface area contributed by atoms with E-state index in [4.69, 9.17) is 9.47 Å². The first-order valence-corrected chi connectivity index (χ1v) is 9.72. The Morgan fingerprint density at radius 2 is 1.85 bits per heavy atom. The van der Waals surface area contributed by atoms with Crippen molar-refractivity contribution >= 4 is 11.6 Å².